The summed E-state index contributed by atoms with van der Waals surface area (Å²) in [6, 6.07) is 11.5. The van der Waals surface area contributed by atoms with Gasteiger partial charge >= 0.3 is 5.97 Å². The van der Waals surface area contributed by atoms with Gasteiger partial charge in [-0.2, -0.15) is 0 Å². The second kappa shape index (κ2) is 6.31. The fourth-order valence-corrected chi connectivity index (χ4v) is 2.32. The van der Waals surface area contributed by atoms with Crippen LogP contribution in [0.25, 0.3) is 11.6 Å². The molecule has 0 aromatic heterocycles. The highest BCUT2D eigenvalue weighted by atomic mass is 35.5. The van der Waals surface area contributed by atoms with Gasteiger partial charge in [0.1, 0.15) is 0 Å². The summed E-state index contributed by atoms with van der Waals surface area (Å²) in [7, 11) is 0. The van der Waals surface area contributed by atoms with E-state index in [0.717, 1.165) is 5.56 Å². The number of halogens is 3. The molecule has 0 saturated heterocycles. The number of carbonyl (C=O) groups is 1. The normalized spacial score (nSPS) is 11.4. The molecule has 0 aliphatic heterocycles. The van der Waals surface area contributed by atoms with Crippen LogP contribution in [0.15, 0.2) is 42.5 Å². The summed E-state index contributed by atoms with van der Waals surface area (Å²) >= 11 is 17.7. The molecule has 102 valence electrons. The van der Waals surface area contributed by atoms with Gasteiger partial charge in [-0.3, -0.25) is 0 Å². The zero-order chi connectivity index (χ0) is 14.7. The minimum atomic E-state index is -1.07. The quantitative estimate of drug-likeness (QED) is 0.616. The van der Waals surface area contributed by atoms with E-state index in [4.69, 9.17) is 34.8 Å². The molecule has 0 amide bonds. The molecule has 0 radical (unpaired) electrons. The van der Waals surface area contributed by atoms with Gasteiger partial charge in [0.15, 0.2) is 0 Å². The largest absolute Gasteiger partial charge is 0.478 e. The van der Waals surface area contributed by atoms with Crippen molar-refractivity contribution in [1.82, 2.24) is 0 Å². The third-order valence-electron chi connectivity index (χ3n) is 2.63. The van der Waals surface area contributed by atoms with Gasteiger partial charge in [-0.15, -0.1) is 0 Å². The summed E-state index contributed by atoms with van der Waals surface area (Å²) in [6.07, 6.45) is 1.54. The van der Waals surface area contributed by atoms with Crippen LogP contribution in [0.3, 0.4) is 0 Å². The van der Waals surface area contributed by atoms with Crippen molar-refractivity contribution in [2.24, 2.45) is 0 Å². The average molecular weight is 328 g/mol. The summed E-state index contributed by atoms with van der Waals surface area (Å²) < 4.78 is 0. The maximum Gasteiger partial charge on any atom is 0.336 e. The maximum absolute atomic E-state index is 11.4. The molecule has 0 fully saturated rings. The molecule has 0 aliphatic carbocycles. The summed E-state index contributed by atoms with van der Waals surface area (Å²) in [5.41, 5.74) is 1.23. The van der Waals surface area contributed by atoms with E-state index in [1.54, 1.807) is 36.4 Å². The molecule has 0 aliphatic rings. The number of benzene rings is 2. The Bertz CT molecular complexity index is 676. The number of hydrogen-bond acceptors (Lipinski definition) is 1. The maximum atomic E-state index is 11.4. The smallest absolute Gasteiger partial charge is 0.336 e. The zero-order valence-electron chi connectivity index (χ0n) is 10.1. The van der Waals surface area contributed by atoms with Gasteiger partial charge in [-0.25, -0.2) is 4.79 Å². The van der Waals surface area contributed by atoms with Crippen LogP contribution >= 0.6 is 34.8 Å². The lowest BCUT2D eigenvalue weighted by molar-refractivity contribution is -0.130. The highest BCUT2D eigenvalue weighted by molar-refractivity contribution is 6.37. The molecule has 0 spiro atoms. The Labute approximate surface area is 131 Å². The Balaban J connectivity index is 2.51. The molecule has 0 heterocycles. The van der Waals surface area contributed by atoms with Crippen LogP contribution in [0.4, 0.5) is 0 Å². The van der Waals surface area contributed by atoms with Crippen LogP contribution < -0.4 is 0 Å². The Morgan fingerprint density at radius 3 is 2.10 bits per heavy atom. The summed E-state index contributed by atoms with van der Waals surface area (Å²) in [5, 5.41) is 10.7. The monoisotopic (exact) mass is 326 g/mol. The third-order valence-corrected chi connectivity index (χ3v) is 3.43. The number of carboxylic acid groups (broad SMARTS) is 1. The van der Waals surface area contributed by atoms with E-state index in [1.165, 1.54) is 12.1 Å². The number of carboxylic acids is 1. The number of aliphatic carboxylic acids is 1. The molecule has 2 aromatic carbocycles. The molecule has 1 N–H and O–H groups in total. The Morgan fingerprint density at radius 2 is 1.55 bits per heavy atom. The SMILES string of the molecule is O=C(O)C(=Cc1ccc(Cl)cc1)c1ccc(Cl)cc1Cl. The first-order chi connectivity index (χ1) is 9.47. The van der Waals surface area contributed by atoms with Crippen molar-refractivity contribution in [3.63, 3.8) is 0 Å². The van der Waals surface area contributed by atoms with Crippen molar-refractivity contribution >= 4 is 52.4 Å². The lowest BCUT2D eigenvalue weighted by Gasteiger charge is -2.06. The first kappa shape index (κ1) is 14.9. The fourth-order valence-electron chi connectivity index (χ4n) is 1.69. The van der Waals surface area contributed by atoms with Crippen molar-refractivity contribution in [3.05, 3.63) is 68.7 Å². The van der Waals surface area contributed by atoms with Crippen LogP contribution in [0.1, 0.15) is 11.1 Å². The molecule has 0 saturated carbocycles. The molecular weight excluding hydrogens is 319 g/mol. The predicted octanol–water partition coefficient (Wildman–Crippen LogP) is 5.27. The van der Waals surface area contributed by atoms with E-state index in [2.05, 4.69) is 0 Å². The first-order valence-corrected chi connectivity index (χ1v) is 6.77. The molecule has 5 heteroatoms. The van der Waals surface area contributed by atoms with Crippen molar-refractivity contribution < 1.29 is 9.90 Å². The van der Waals surface area contributed by atoms with Crippen molar-refractivity contribution in [3.8, 4) is 0 Å². The molecule has 0 atom stereocenters. The van der Waals surface area contributed by atoms with E-state index in [1.807, 2.05) is 0 Å². The third kappa shape index (κ3) is 3.54. The van der Waals surface area contributed by atoms with E-state index in [0.29, 0.717) is 20.6 Å². The highest BCUT2D eigenvalue weighted by Crippen LogP contribution is 2.29. The topological polar surface area (TPSA) is 37.3 Å². The van der Waals surface area contributed by atoms with Crippen LogP contribution in [0.5, 0.6) is 0 Å². The second-order valence-corrected chi connectivity index (χ2v) is 5.32. The van der Waals surface area contributed by atoms with Crippen LogP contribution in [-0.4, -0.2) is 11.1 Å². The fraction of sp³-hybridized carbons (Fsp3) is 0. The van der Waals surface area contributed by atoms with Crippen LogP contribution in [0.2, 0.25) is 15.1 Å². The number of hydrogen-bond donors (Lipinski definition) is 1. The Morgan fingerprint density at radius 1 is 0.950 bits per heavy atom. The minimum absolute atomic E-state index is 0.0917. The predicted molar refractivity (Wildman–Crippen MR) is 83.4 cm³/mol. The van der Waals surface area contributed by atoms with Crippen molar-refractivity contribution in [1.29, 1.82) is 0 Å². The molecule has 2 nitrogen and oxygen atoms in total. The van der Waals surface area contributed by atoms with Gasteiger partial charge in [-0.1, -0.05) is 53.0 Å². The van der Waals surface area contributed by atoms with Gasteiger partial charge < -0.3 is 5.11 Å². The van der Waals surface area contributed by atoms with Crippen LogP contribution in [0, 0.1) is 0 Å². The summed E-state index contributed by atoms with van der Waals surface area (Å²) in [5.74, 6) is -1.07. The van der Waals surface area contributed by atoms with Crippen molar-refractivity contribution in [2.75, 3.05) is 0 Å². The minimum Gasteiger partial charge on any atom is -0.478 e. The molecule has 2 rings (SSSR count). The molecule has 2 aromatic rings. The highest BCUT2D eigenvalue weighted by Gasteiger charge is 2.14. The molecular formula is C15H9Cl3O2. The second-order valence-electron chi connectivity index (χ2n) is 4.04. The lowest BCUT2D eigenvalue weighted by Crippen LogP contribution is -2.00. The van der Waals surface area contributed by atoms with E-state index in [9.17, 15) is 9.90 Å². The van der Waals surface area contributed by atoms with Gasteiger partial charge in [0.2, 0.25) is 0 Å². The van der Waals surface area contributed by atoms with Gasteiger partial charge in [0.05, 0.1) is 10.6 Å². The zero-order valence-corrected chi connectivity index (χ0v) is 12.4. The number of rotatable bonds is 3. The van der Waals surface area contributed by atoms with Crippen molar-refractivity contribution in [2.45, 2.75) is 0 Å². The molecule has 20 heavy (non-hydrogen) atoms. The first-order valence-electron chi connectivity index (χ1n) is 5.63. The Kier molecular flexibility index (Phi) is 4.71. The summed E-state index contributed by atoms with van der Waals surface area (Å²) in [6.45, 7) is 0. The van der Waals surface area contributed by atoms with E-state index >= 15 is 0 Å². The van der Waals surface area contributed by atoms with E-state index in [-0.39, 0.29) is 5.57 Å². The summed E-state index contributed by atoms with van der Waals surface area (Å²) in [4.78, 5) is 11.4. The lowest BCUT2D eigenvalue weighted by atomic mass is 10.0. The molecule has 0 unspecified atom stereocenters. The van der Waals surface area contributed by atoms with Gasteiger partial charge in [0.25, 0.3) is 0 Å². The van der Waals surface area contributed by atoms with Crippen LogP contribution in [-0.2, 0) is 4.79 Å². The van der Waals surface area contributed by atoms with E-state index < -0.39 is 5.97 Å². The van der Waals surface area contributed by atoms with Gasteiger partial charge in [0, 0.05) is 15.6 Å². The average Bonchev–Trinajstić information content (AvgIpc) is 2.39. The Hall–Kier alpha value is -1.48. The standard InChI is InChI=1S/C15H9Cl3O2/c16-10-3-1-9(2-4-10)7-13(15(19)20)12-6-5-11(17)8-14(12)18/h1-8H,(H,19,20). The van der Waals surface area contributed by atoms with Gasteiger partial charge in [-0.05, 0) is 35.9 Å². The molecule has 0 bridgehead atoms.